The molecule has 0 unspecified atom stereocenters. The minimum atomic E-state index is -0.895. The summed E-state index contributed by atoms with van der Waals surface area (Å²) in [6, 6.07) is 1.54. The maximum absolute atomic E-state index is 14.9. The number of rotatable bonds is 11. The molecule has 206 valence electrons. The number of nitrogens with one attached hydrogen (secondary N) is 3. The summed E-state index contributed by atoms with van der Waals surface area (Å²) in [7, 11) is 0. The Morgan fingerprint density at radius 1 is 1.21 bits per heavy atom. The zero-order chi connectivity index (χ0) is 27.3. The van der Waals surface area contributed by atoms with Gasteiger partial charge >= 0.3 is 0 Å². The molecule has 11 nitrogen and oxygen atoms in total. The van der Waals surface area contributed by atoms with Gasteiger partial charge in [-0.3, -0.25) is 23.7 Å². The highest BCUT2D eigenvalue weighted by atomic mass is 35.5. The van der Waals surface area contributed by atoms with Crippen LogP contribution in [0.25, 0.3) is 0 Å². The van der Waals surface area contributed by atoms with Crippen molar-refractivity contribution >= 4 is 29.1 Å². The van der Waals surface area contributed by atoms with Gasteiger partial charge in [-0.05, 0) is 81.3 Å². The van der Waals surface area contributed by atoms with Crippen LogP contribution in [-0.4, -0.2) is 47.6 Å². The second kappa shape index (κ2) is 10.2. The lowest BCUT2D eigenvalue weighted by Gasteiger charge is -2.27. The number of hydrogen-bond acceptors (Lipinski definition) is 6. The SMILES string of the molecule is C[C@@H](c1cc(Cl)n[nH]c1=O)n1cc(NC(=O)[C@@H](NC(=O)c2ccnn2CC2CC2)C(C2CC2)C2CC2)c(F)n1. The molecule has 13 heteroatoms. The Hall–Kier alpha value is -3.54. The van der Waals surface area contributed by atoms with Gasteiger partial charge in [-0.2, -0.15) is 14.6 Å². The van der Waals surface area contributed by atoms with E-state index in [1.54, 1.807) is 23.9 Å². The van der Waals surface area contributed by atoms with Crippen LogP contribution < -0.4 is 16.2 Å². The van der Waals surface area contributed by atoms with Crippen LogP contribution in [0.5, 0.6) is 0 Å². The van der Waals surface area contributed by atoms with Gasteiger partial charge in [0.2, 0.25) is 5.91 Å². The number of aromatic amines is 1. The van der Waals surface area contributed by atoms with Gasteiger partial charge in [-0.15, -0.1) is 5.10 Å². The minimum absolute atomic E-state index is 0.0247. The van der Waals surface area contributed by atoms with Crippen LogP contribution in [0.1, 0.15) is 67.5 Å². The zero-order valence-corrected chi connectivity index (χ0v) is 22.2. The number of carbonyl (C=O) groups is 2. The molecule has 0 aliphatic heterocycles. The van der Waals surface area contributed by atoms with E-state index in [9.17, 15) is 18.8 Å². The lowest BCUT2D eigenvalue weighted by molar-refractivity contribution is -0.119. The maximum atomic E-state index is 14.9. The Bertz CT molecular complexity index is 1440. The topological polar surface area (TPSA) is 140 Å². The summed E-state index contributed by atoms with van der Waals surface area (Å²) < 4.78 is 17.9. The Balaban J connectivity index is 1.23. The molecule has 0 bridgehead atoms. The quantitative estimate of drug-likeness (QED) is 0.331. The smallest absolute Gasteiger partial charge is 0.270 e. The highest BCUT2D eigenvalue weighted by molar-refractivity contribution is 6.29. The molecule has 6 rings (SSSR count). The van der Waals surface area contributed by atoms with E-state index in [0.717, 1.165) is 38.5 Å². The third kappa shape index (κ3) is 5.61. The standard InChI is InChI=1S/C26H30ClFN8O3/c1-13(17-10-20(27)32-33-24(17)37)35-12-18(23(28)34-35)30-26(39)22(21(15-4-5-15)16-6-7-16)31-25(38)19-8-9-29-36(19)11-14-2-3-14/h8-10,12-16,21-22H,2-7,11H2,1H3,(H,30,39)(H,31,38)(H,33,37)/t13-,22-/m0/s1. The fraction of sp³-hybridized carbons (Fsp3) is 0.538. The lowest BCUT2D eigenvalue weighted by Crippen LogP contribution is -2.50. The number of H-pyrrole nitrogens is 1. The van der Waals surface area contributed by atoms with E-state index in [1.165, 1.54) is 16.9 Å². The predicted molar refractivity (Wildman–Crippen MR) is 140 cm³/mol. The Morgan fingerprint density at radius 3 is 2.59 bits per heavy atom. The summed E-state index contributed by atoms with van der Waals surface area (Å²) in [5.74, 6) is -0.546. The Morgan fingerprint density at radius 2 is 1.92 bits per heavy atom. The minimum Gasteiger partial charge on any atom is -0.339 e. The number of hydrogen-bond donors (Lipinski definition) is 3. The first-order valence-corrected chi connectivity index (χ1v) is 13.8. The fourth-order valence-corrected chi connectivity index (χ4v) is 5.53. The van der Waals surface area contributed by atoms with Crippen molar-refractivity contribution in [3.8, 4) is 0 Å². The van der Waals surface area contributed by atoms with Crippen molar-refractivity contribution < 1.29 is 14.0 Å². The van der Waals surface area contributed by atoms with Gasteiger partial charge in [0, 0.05) is 18.3 Å². The van der Waals surface area contributed by atoms with Gasteiger partial charge in [0.1, 0.15) is 22.6 Å². The third-order valence-electron chi connectivity index (χ3n) is 7.96. The van der Waals surface area contributed by atoms with Crippen molar-refractivity contribution in [3.63, 3.8) is 0 Å². The molecule has 3 aromatic heterocycles. The average molecular weight is 557 g/mol. The van der Waals surface area contributed by atoms with Gasteiger partial charge < -0.3 is 10.6 Å². The molecule has 3 heterocycles. The van der Waals surface area contributed by atoms with Crippen LogP contribution in [0.15, 0.2) is 29.3 Å². The molecule has 2 amide bonds. The van der Waals surface area contributed by atoms with E-state index in [-0.39, 0.29) is 28.2 Å². The second-order valence-electron chi connectivity index (χ2n) is 11.0. The van der Waals surface area contributed by atoms with Crippen LogP contribution in [0, 0.1) is 29.6 Å². The number of aromatic nitrogens is 6. The van der Waals surface area contributed by atoms with E-state index < -0.39 is 29.5 Å². The first kappa shape index (κ1) is 25.7. The van der Waals surface area contributed by atoms with Crippen molar-refractivity contribution in [1.82, 2.24) is 35.1 Å². The van der Waals surface area contributed by atoms with Crippen molar-refractivity contribution in [2.45, 2.75) is 64.1 Å². The molecule has 3 saturated carbocycles. The van der Waals surface area contributed by atoms with Gasteiger partial charge in [0.05, 0.1) is 12.2 Å². The summed E-state index contributed by atoms with van der Waals surface area (Å²) in [6.07, 6.45) is 9.20. The summed E-state index contributed by atoms with van der Waals surface area (Å²) in [5, 5.41) is 19.8. The maximum Gasteiger partial charge on any atom is 0.270 e. The highest BCUT2D eigenvalue weighted by Gasteiger charge is 2.48. The van der Waals surface area contributed by atoms with Crippen LogP contribution in [0.2, 0.25) is 5.15 Å². The molecule has 0 aromatic carbocycles. The molecule has 2 atom stereocenters. The van der Waals surface area contributed by atoms with Crippen molar-refractivity contribution in [1.29, 1.82) is 0 Å². The molecular formula is C26H30ClFN8O3. The molecule has 3 fully saturated rings. The number of halogens is 2. The van der Waals surface area contributed by atoms with Crippen molar-refractivity contribution in [2.24, 2.45) is 23.7 Å². The van der Waals surface area contributed by atoms with Crippen molar-refractivity contribution in [3.05, 3.63) is 57.2 Å². The van der Waals surface area contributed by atoms with Gasteiger partial charge in [-0.25, -0.2) is 5.10 Å². The Kier molecular flexibility index (Phi) is 6.74. The van der Waals surface area contributed by atoms with Gasteiger partial charge in [-0.1, -0.05) is 11.6 Å². The van der Waals surface area contributed by atoms with Gasteiger partial charge in [0.15, 0.2) is 0 Å². The summed E-state index contributed by atoms with van der Waals surface area (Å²) in [4.78, 5) is 39.3. The monoisotopic (exact) mass is 556 g/mol. The summed E-state index contributed by atoms with van der Waals surface area (Å²) in [5.41, 5.74) is 0.0468. The molecule has 39 heavy (non-hydrogen) atoms. The van der Waals surface area contributed by atoms with E-state index >= 15 is 0 Å². The summed E-state index contributed by atoms with van der Waals surface area (Å²) >= 11 is 5.91. The number of anilines is 1. The molecule has 0 saturated heterocycles. The molecule has 3 N–H and O–H groups in total. The lowest BCUT2D eigenvalue weighted by atomic mass is 9.88. The summed E-state index contributed by atoms with van der Waals surface area (Å²) in [6.45, 7) is 2.33. The first-order chi connectivity index (χ1) is 18.8. The van der Waals surface area contributed by atoms with Crippen LogP contribution in [-0.2, 0) is 11.3 Å². The number of nitrogens with zero attached hydrogens (tertiary/aromatic N) is 5. The second-order valence-corrected chi connectivity index (χ2v) is 11.4. The van der Waals surface area contributed by atoms with Gasteiger partial charge in [0.25, 0.3) is 17.4 Å². The highest BCUT2D eigenvalue weighted by Crippen LogP contribution is 2.51. The van der Waals surface area contributed by atoms with Crippen LogP contribution in [0.3, 0.4) is 0 Å². The third-order valence-corrected chi connectivity index (χ3v) is 8.15. The Labute approximate surface area is 228 Å². The number of carbonyl (C=O) groups excluding carboxylic acids is 2. The van der Waals surface area contributed by atoms with E-state index in [2.05, 4.69) is 31.0 Å². The molecule has 3 aliphatic carbocycles. The van der Waals surface area contributed by atoms with E-state index in [0.29, 0.717) is 30.0 Å². The molecule has 3 aliphatic rings. The number of amides is 2. The molecular weight excluding hydrogens is 527 g/mol. The zero-order valence-electron chi connectivity index (χ0n) is 21.4. The molecule has 3 aromatic rings. The van der Waals surface area contributed by atoms with E-state index in [1.807, 2.05) is 0 Å². The molecule has 0 radical (unpaired) electrons. The van der Waals surface area contributed by atoms with Crippen molar-refractivity contribution in [2.75, 3.05) is 5.32 Å². The predicted octanol–water partition coefficient (Wildman–Crippen LogP) is 3.15. The largest absolute Gasteiger partial charge is 0.339 e. The fourth-order valence-electron chi connectivity index (χ4n) is 5.37. The van der Waals surface area contributed by atoms with Crippen LogP contribution >= 0.6 is 11.6 Å². The van der Waals surface area contributed by atoms with E-state index in [4.69, 9.17) is 11.6 Å². The average Bonchev–Trinajstić information content (AvgIpc) is 3.80. The normalized spacial score (nSPS) is 18.7. The molecule has 0 spiro atoms. The van der Waals surface area contributed by atoms with Crippen LogP contribution in [0.4, 0.5) is 10.1 Å². The first-order valence-electron chi connectivity index (χ1n) is 13.4.